The fourth-order valence-corrected chi connectivity index (χ4v) is 4.97. The van der Waals surface area contributed by atoms with Crippen molar-refractivity contribution in [3.05, 3.63) is 79.0 Å². The first-order valence-corrected chi connectivity index (χ1v) is 12.6. The van der Waals surface area contributed by atoms with E-state index in [0.29, 0.717) is 31.9 Å². The maximum absolute atomic E-state index is 12.2. The van der Waals surface area contributed by atoms with Gasteiger partial charge in [-0.2, -0.15) is 0 Å². The maximum Gasteiger partial charge on any atom is 0.372 e. The third-order valence-corrected chi connectivity index (χ3v) is 6.83. The zero-order valence-corrected chi connectivity index (χ0v) is 20.7. The molecule has 0 spiro atoms. The van der Waals surface area contributed by atoms with Crippen molar-refractivity contribution in [3.8, 4) is 5.75 Å². The van der Waals surface area contributed by atoms with Crippen LogP contribution in [0.3, 0.4) is 0 Å². The van der Waals surface area contributed by atoms with Gasteiger partial charge in [-0.25, -0.2) is 14.8 Å². The van der Waals surface area contributed by atoms with E-state index >= 15 is 0 Å². The van der Waals surface area contributed by atoms with Crippen LogP contribution in [0.25, 0.3) is 20.4 Å². The van der Waals surface area contributed by atoms with E-state index < -0.39 is 17.4 Å². The molecule has 15 heteroatoms. The number of carbonyl (C=O) groups is 3. The molecule has 0 saturated heterocycles. The Hall–Kier alpha value is -4.89. The van der Waals surface area contributed by atoms with Crippen molar-refractivity contribution >= 4 is 66.6 Å². The number of fused-ring (bicyclic) bond motifs is 3. The number of carboxylic acid groups (broad SMARTS) is 1. The second-order valence-corrected chi connectivity index (χ2v) is 9.55. The quantitative estimate of drug-likeness (QED) is 0.221. The minimum Gasteiger partial charge on any atom is -0.482 e. The molecule has 5 heterocycles. The van der Waals surface area contributed by atoms with Gasteiger partial charge in [0.1, 0.15) is 15.4 Å². The second kappa shape index (κ2) is 10.2. The van der Waals surface area contributed by atoms with E-state index in [1.165, 1.54) is 22.7 Å². The Morgan fingerprint density at radius 3 is 2.24 bits per heavy atom. The number of amides is 2. The standard InChI is InChI=1S/C16H12N4O4S.C7H4N2O3S/c21-12-7-24-11-2-1-8(5-10(11)18-12)6-17-15(23)13-19-14(22)9-3-4-25-16(9)20-13;10-5-3-1-2-13-6(3)9-4(8-5)7(11)12/h1-5H,6-7H2,(H,17,23)(H,18,21)(H,19,20,22);1-2H,(H,11,12)(H,8,9,10). The van der Waals surface area contributed by atoms with Gasteiger partial charge >= 0.3 is 5.97 Å². The lowest BCUT2D eigenvalue weighted by Gasteiger charge is -2.18. The molecule has 0 radical (unpaired) electrons. The average Bonchev–Trinajstić information content (AvgIpc) is 3.57. The summed E-state index contributed by atoms with van der Waals surface area (Å²) in [5, 5.41) is 18.3. The van der Waals surface area contributed by atoms with Crippen LogP contribution >= 0.6 is 22.7 Å². The second-order valence-electron chi connectivity index (χ2n) is 7.76. The van der Waals surface area contributed by atoms with Gasteiger partial charge in [0.2, 0.25) is 11.6 Å². The van der Waals surface area contributed by atoms with E-state index in [4.69, 9.17) is 9.84 Å². The van der Waals surface area contributed by atoms with Crippen LogP contribution in [0.5, 0.6) is 5.75 Å². The zero-order chi connectivity index (χ0) is 26.8. The number of nitrogens with one attached hydrogen (secondary N) is 4. The van der Waals surface area contributed by atoms with Gasteiger partial charge in [0.25, 0.3) is 22.9 Å². The van der Waals surface area contributed by atoms with Crippen LogP contribution in [0.15, 0.2) is 50.7 Å². The van der Waals surface area contributed by atoms with E-state index in [1.807, 2.05) is 0 Å². The number of rotatable bonds is 4. The summed E-state index contributed by atoms with van der Waals surface area (Å²) in [7, 11) is 0. The number of aromatic carboxylic acids is 1. The molecule has 38 heavy (non-hydrogen) atoms. The number of nitrogens with zero attached hydrogens (tertiary/aromatic N) is 2. The monoisotopic (exact) mass is 552 g/mol. The van der Waals surface area contributed by atoms with Crippen molar-refractivity contribution in [2.24, 2.45) is 0 Å². The van der Waals surface area contributed by atoms with E-state index in [-0.39, 0.29) is 36.3 Å². The Kier molecular flexibility index (Phi) is 6.68. The fourth-order valence-electron chi connectivity index (χ4n) is 3.45. The molecule has 4 aromatic heterocycles. The third-order valence-electron chi connectivity index (χ3n) is 5.22. The smallest absolute Gasteiger partial charge is 0.372 e. The number of anilines is 1. The summed E-state index contributed by atoms with van der Waals surface area (Å²) in [4.78, 5) is 70.8. The van der Waals surface area contributed by atoms with Gasteiger partial charge in [-0.05, 0) is 40.6 Å². The van der Waals surface area contributed by atoms with Crippen molar-refractivity contribution in [2.75, 3.05) is 11.9 Å². The van der Waals surface area contributed by atoms with Crippen LogP contribution in [0.2, 0.25) is 0 Å². The lowest BCUT2D eigenvalue weighted by molar-refractivity contribution is -0.118. The van der Waals surface area contributed by atoms with Crippen molar-refractivity contribution in [1.29, 1.82) is 0 Å². The van der Waals surface area contributed by atoms with Gasteiger partial charge in [-0.3, -0.25) is 19.2 Å². The molecular formula is C23H16N6O7S2. The van der Waals surface area contributed by atoms with Gasteiger partial charge in [0.15, 0.2) is 6.61 Å². The highest BCUT2D eigenvalue weighted by Crippen LogP contribution is 2.28. The summed E-state index contributed by atoms with van der Waals surface area (Å²) in [6.07, 6.45) is 0. The van der Waals surface area contributed by atoms with Crippen LogP contribution in [-0.2, 0) is 11.3 Å². The molecule has 0 bridgehead atoms. The summed E-state index contributed by atoms with van der Waals surface area (Å²) >= 11 is 2.54. The van der Waals surface area contributed by atoms with Crippen LogP contribution in [0, 0.1) is 0 Å². The van der Waals surface area contributed by atoms with Crippen molar-refractivity contribution in [2.45, 2.75) is 6.54 Å². The first kappa shape index (κ1) is 24.8. The van der Waals surface area contributed by atoms with Gasteiger partial charge in [0, 0.05) is 6.54 Å². The lowest BCUT2D eigenvalue weighted by Crippen LogP contribution is -2.28. The molecule has 1 aliphatic heterocycles. The molecule has 5 aromatic rings. The normalized spacial score (nSPS) is 12.2. The van der Waals surface area contributed by atoms with E-state index in [2.05, 4.69) is 30.6 Å². The highest BCUT2D eigenvalue weighted by atomic mass is 32.1. The minimum absolute atomic E-state index is 0.00663. The number of benzene rings is 1. The van der Waals surface area contributed by atoms with Crippen LogP contribution in [0.1, 0.15) is 26.8 Å². The predicted molar refractivity (Wildman–Crippen MR) is 139 cm³/mol. The Labute approximate surface area is 219 Å². The SMILES string of the molecule is O=C(O)c1nc2sccc2c(=O)[nH]1.O=C1COc2ccc(CNC(=O)c3nc4sccc4c(=O)[nH]3)cc2N1. The molecule has 2 amide bonds. The molecule has 0 aliphatic carbocycles. The Morgan fingerprint density at radius 1 is 0.947 bits per heavy atom. The molecule has 0 atom stereocenters. The first-order chi connectivity index (χ1) is 18.3. The Morgan fingerprint density at radius 2 is 1.58 bits per heavy atom. The lowest BCUT2D eigenvalue weighted by atomic mass is 10.1. The topological polar surface area (TPSA) is 196 Å². The number of ether oxygens (including phenoxy) is 1. The summed E-state index contributed by atoms with van der Waals surface area (Å²) in [6, 6.07) is 8.52. The van der Waals surface area contributed by atoms with Crippen molar-refractivity contribution < 1.29 is 24.2 Å². The minimum atomic E-state index is -1.23. The number of aromatic amines is 2. The molecular weight excluding hydrogens is 536 g/mol. The van der Waals surface area contributed by atoms with Crippen LogP contribution in [-0.4, -0.2) is 49.4 Å². The van der Waals surface area contributed by atoms with Crippen LogP contribution < -0.4 is 26.5 Å². The summed E-state index contributed by atoms with van der Waals surface area (Å²) in [5.41, 5.74) is 0.584. The van der Waals surface area contributed by atoms with Gasteiger partial charge in [0.05, 0.1) is 16.5 Å². The van der Waals surface area contributed by atoms with Crippen LogP contribution in [0.4, 0.5) is 5.69 Å². The maximum atomic E-state index is 12.2. The third kappa shape index (κ3) is 5.14. The van der Waals surface area contributed by atoms with Crippen molar-refractivity contribution in [1.82, 2.24) is 25.3 Å². The molecule has 13 nitrogen and oxygen atoms in total. The number of carboxylic acids is 1. The van der Waals surface area contributed by atoms with Gasteiger partial charge < -0.3 is 30.4 Å². The number of H-pyrrole nitrogens is 2. The Bertz CT molecular complexity index is 1840. The first-order valence-electron chi connectivity index (χ1n) is 10.8. The van der Waals surface area contributed by atoms with Gasteiger partial charge in [-0.15, -0.1) is 22.7 Å². The highest BCUT2D eigenvalue weighted by Gasteiger charge is 2.17. The molecule has 1 aromatic carbocycles. The van der Waals surface area contributed by atoms with E-state index in [1.54, 1.807) is 41.1 Å². The number of hydrogen-bond acceptors (Lipinski definition) is 10. The van der Waals surface area contributed by atoms with E-state index in [9.17, 15) is 24.0 Å². The molecule has 0 saturated carbocycles. The number of hydrogen-bond donors (Lipinski definition) is 5. The molecule has 0 unspecified atom stereocenters. The molecule has 5 N–H and O–H groups in total. The summed E-state index contributed by atoms with van der Waals surface area (Å²) < 4.78 is 5.28. The molecule has 1 aliphatic rings. The predicted octanol–water partition coefficient (Wildman–Crippen LogP) is 1.93. The van der Waals surface area contributed by atoms with E-state index in [0.717, 1.165) is 5.56 Å². The highest BCUT2D eigenvalue weighted by molar-refractivity contribution is 7.17. The number of carbonyl (C=O) groups excluding carboxylic acids is 2. The van der Waals surface area contributed by atoms with Gasteiger partial charge in [-0.1, -0.05) is 6.07 Å². The Balaban J connectivity index is 0.000000190. The molecule has 192 valence electrons. The summed E-state index contributed by atoms with van der Waals surface area (Å²) in [5.74, 6) is -1.70. The summed E-state index contributed by atoms with van der Waals surface area (Å²) in [6.45, 7) is 0.210. The average molecular weight is 553 g/mol. The fraction of sp³-hybridized carbons (Fsp3) is 0.0870. The zero-order valence-electron chi connectivity index (χ0n) is 19.1. The van der Waals surface area contributed by atoms with Crippen molar-refractivity contribution in [3.63, 3.8) is 0 Å². The number of aromatic nitrogens is 4. The number of thiophene rings is 2. The molecule has 0 fully saturated rings. The molecule has 6 rings (SSSR count). The largest absolute Gasteiger partial charge is 0.482 e.